The maximum atomic E-state index is 12.5. The van der Waals surface area contributed by atoms with Crippen LogP contribution in [-0.4, -0.2) is 70.6 Å². The van der Waals surface area contributed by atoms with Gasteiger partial charge >= 0.3 is 6.09 Å². The molecule has 8 heteroatoms. The maximum absolute atomic E-state index is 12.5. The lowest BCUT2D eigenvalue weighted by molar-refractivity contribution is -0.131. The van der Waals surface area contributed by atoms with Crippen molar-refractivity contribution in [3.05, 3.63) is 0 Å². The summed E-state index contributed by atoms with van der Waals surface area (Å²) in [6.45, 7) is 6.04. The molecule has 156 valence electrons. The molecule has 1 saturated heterocycles. The molecule has 0 aromatic rings. The largest absolute Gasteiger partial charge is 0.446 e. The van der Waals surface area contributed by atoms with Gasteiger partial charge < -0.3 is 14.5 Å². The second-order valence-electron chi connectivity index (χ2n) is 8.23. The number of carbonyl (C=O) groups is 2. The second-order valence-corrected chi connectivity index (χ2v) is 8.66. The van der Waals surface area contributed by atoms with Crippen molar-refractivity contribution in [2.24, 2.45) is 11.8 Å². The van der Waals surface area contributed by atoms with Crippen molar-refractivity contribution < 1.29 is 14.3 Å². The van der Waals surface area contributed by atoms with Gasteiger partial charge in [0, 0.05) is 25.7 Å². The highest BCUT2D eigenvalue weighted by Crippen LogP contribution is 2.47. The van der Waals surface area contributed by atoms with E-state index in [1.54, 1.807) is 14.2 Å². The van der Waals surface area contributed by atoms with Gasteiger partial charge in [0.05, 0.1) is 12.6 Å². The van der Waals surface area contributed by atoms with Crippen molar-refractivity contribution in [3.63, 3.8) is 0 Å². The third-order valence-corrected chi connectivity index (χ3v) is 7.04. The molecule has 2 aliphatic carbocycles. The molecule has 0 bridgehead atoms. The molecular weight excluding hydrogens is 380 g/mol. The van der Waals surface area contributed by atoms with E-state index in [0.717, 1.165) is 38.5 Å². The van der Waals surface area contributed by atoms with Gasteiger partial charge in [-0.2, -0.15) is 5.26 Å². The van der Waals surface area contributed by atoms with Crippen LogP contribution in [0.2, 0.25) is 0 Å². The average Bonchev–Trinajstić information content (AvgIpc) is 3.36. The van der Waals surface area contributed by atoms with Crippen LogP contribution in [0.4, 0.5) is 4.79 Å². The van der Waals surface area contributed by atoms with E-state index in [4.69, 9.17) is 21.8 Å². The molecule has 0 spiro atoms. The number of halogens is 1. The zero-order chi connectivity index (χ0) is 20.3. The number of rotatable bonds is 6. The number of nitriles is 1. The number of amides is 2. The van der Waals surface area contributed by atoms with Gasteiger partial charge in [-0.05, 0) is 76.0 Å². The Kier molecular flexibility index (Phi) is 7.05. The maximum Gasteiger partial charge on any atom is 0.410 e. The van der Waals surface area contributed by atoms with E-state index < -0.39 is 0 Å². The first kappa shape index (κ1) is 21.2. The lowest BCUT2D eigenvalue weighted by Crippen LogP contribution is -2.42. The predicted molar refractivity (Wildman–Crippen MR) is 105 cm³/mol. The molecule has 0 radical (unpaired) electrons. The summed E-state index contributed by atoms with van der Waals surface area (Å²) in [7, 11) is 0. The fourth-order valence-corrected chi connectivity index (χ4v) is 5.36. The van der Waals surface area contributed by atoms with Crippen LogP contribution in [0.5, 0.6) is 0 Å². The van der Waals surface area contributed by atoms with Gasteiger partial charge in [-0.3, -0.25) is 4.79 Å². The molecule has 3 fully saturated rings. The average molecular weight is 411 g/mol. The van der Waals surface area contributed by atoms with Gasteiger partial charge in [-0.1, -0.05) is 0 Å². The Labute approximate surface area is 172 Å². The van der Waals surface area contributed by atoms with Crippen molar-refractivity contribution >= 4 is 23.8 Å². The first-order chi connectivity index (χ1) is 13.5. The molecular formula is C20H31ClN4O3. The van der Waals surface area contributed by atoms with Gasteiger partial charge in [0.25, 0.3) is 0 Å². The number of carbonyl (C=O) groups excluding carboxylic acids is 2. The van der Waals surface area contributed by atoms with Crippen molar-refractivity contribution in [1.82, 2.24) is 14.2 Å². The molecule has 0 aromatic heterocycles. The molecule has 28 heavy (non-hydrogen) atoms. The quantitative estimate of drug-likeness (QED) is 0.629. The van der Waals surface area contributed by atoms with E-state index in [0.29, 0.717) is 31.5 Å². The first-order valence-electron chi connectivity index (χ1n) is 10.5. The highest BCUT2D eigenvalue weighted by Gasteiger charge is 2.45. The van der Waals surface area contributed by atoms with Crippen LogP contribution in [0.15, 0.2) is 0 Å². The summed E-state index contributed by atoms with van der Waals surface area (Å²) < 4.78 is 7.34. The molecule has 1 aliphatic heterocycles. The van der Waals surface area contributed by atoms with Crippen LogP contribution in [-0.2, 0) is 9.53 Å². The van der Waals surface area contributed by atoms with Gasteiger partial charge in [-0.15, -0.1) is 0 Å². The van der Waals surface area contributed by atoms with Crippen molar-refractivity contribution in [2.45, 2.75) is 70.6 Å². The lowest BCUT2D eigenvalue weighted by Gasteiger charge is -2.26. The zero-order valence-electron chi connectivity index (χ0n) is 16.8. The fraction of sp³-hybridized carbons (Fsp3) is 0.850. The van der Waals surface area contributed by atoms with Crippen LogP contribution < -0.4 is 0 Å². The van der Waals surface area contributed by atoms with Gasteiger partial charge in [-0.25, -0.2) is 9.21 Å². The Bertz CT molecular complexity index is 607. The van der Waals surface area contributed by atoms with Gasteiger partial charge in [0.2, 0.25) is 5.91 Å². The SMILES string of the molecule is CCN(CC)C(=O)O[C@@H]1C[C@@H]2C[C@H](N(Cl)CC(=O)N3CCC[C@H]3C#N)C[C@@H]2C1. The van der Waals surface area contributed by atoms with Crippen LogP contribution in [0.25, 0.3) is 0 Å². The summed E-state index contributed by atoms with van der Waals surface area (Å²) in [5, 5.41) is 9.16. The minimum absolute atomic E-state index is 0.00422. The normalized spacial score (nSPS) is 31.7. The summed E-state index contributed by atoms with van der Waals surface area (Å²) in [6, 6.07) is 2.07. The predicted octanol–water partition coefficient (Wildman–Crippen LogP) is 2.99. The molecule has 2 amide bonds. The molecule has 2 saturated carbocycles. The smallest absolute Gasteiger partial charge is 0.410 e. The number of fused-ring (bicyclic) bond motifs is 1. The third kappa shape index (κ3) is 4.55. The van der Waals surface area contributed by atoms with E-state index in [1.807, 2.05) is 13.8 Å². The Balaban J connectivity index is 1.45. The van der Waals surface area contributed by atoms with Gasteiger partial charge in [0.1, 0.15) is 12.1 Å². The van der Waals surface area contributed by atoms with E-state index in [9.17, 15) is 9.59 Å². The number of ether oxygens (including phenoxy) is 1. The lowest BCUT2D eigenvalue weighted by atomic mass is 10.0. The minimum Gasteiger partial charge on any atom is -0.446 e. The summed E-state index contributed by atoms with van der Waals surface area (Å²) in [5.41, 5.74) is 0. The van der Waals surface area contributed by atoms with Crippen molar-refractivity contribution in [3.8, 4) is 6.07 Å². The van der Waals surface area contributed by atoms with Crippen LogP contribution >= 0.6 is 11.8 Å². The summed E-state index contributed by atoms with van der Waals surface area (Å²) in [5.74, 6) is 0.936. The Hall–Kier alpha value is -1.52. The summed E-state index contributed by atoms with van der Waals surface area (Å²) in [6.07, 6.45) is 5.05. The summed E-state index contributed by atoms with van der Waals surface area (Å²) in [4.78, 5) is 28.0. The Morgan fingerprint density at radius 2 is 1.82 bits per heavy atom. The first-order valence-corrected chi connectivity index (χ1v) is 10.9. The standard InChI is InChI=1S/C20H31ClN4O3/c1-3-23(4-2)20(27)28-18-10-14-8-17(9-15(14)11-18)25(21)13-19(26)24-7-5-6-16(24)12-22/h14-18H,3-11,13H2,1-2H3/t14-,15+,16-,17-,18+/m0/s1. The molecule has 5 atom stereocenters. The van der Waals surface area contributed by atoms with E-state index in [-0.39, 0.29) is 36.7 Å². The molecule has 3 aliphatic rings. The van der Waals surface area contributed by atoms with E-state index in [1.165, 1.54) is 0 Å². The number of likely N-dealkylation sites (tertiary alicyclic amines) is 1. The monoisotopic (exact) mass is 410 g/mol. The topological polar surface area (TPSA) is 76.9 Å². The van der Waals surface area contributed by atoms with Crippen LogP contribution in [0, 0.1) is 23.2 Å². The van der Waals surface area contributed by atoms with E-state index >= 15 is 0 Å². The highest BCUT2D eigenvalue weighted by molar-refractivity contribution is 6.14. The molecule has 0 N–H and O–H groups in total. The van der Waals surface area contributed by atoms with Crippen molar-refractivity contribution in [2.75, 3.05) is 26.2 Å². The molecule has 0 unspecified atom stereocenters. The molecule has 7 nitrogen and oxygen atoms in total. The third-order valence-electron chi connectivity index (χ3n) is 6.64. The molecule has 0 aromatic carbocycles. The second kappa shape index (κ2) is 9.32. The molecule has 1 heterocycles. The van der Waals surface area contributed by atoms with Crippen LogP contribution in [0.1, 0.15) is 52.4 Å². The Morgan fingerprint density at radius 3 is 2.39 bits per heavy atom. The Morgan fingerprint density at radius 1 is 1.18 bits per heavy atom. The fourth-order valence-electron chi connectivity index (χ4n) is 5.10. The van der Waals surface area contributed by atoms with Gasteiger partial charge in [0.15, 0.2) is 0 Å². The van der Waals surface area contributed by atoms with Crippen LogP contribution in [0.3, 0.4) is 0 Å². The minimum atomic E-state index is -0.304. The zero-order valence-corrected chi connectivity index (χ0v) is 17.6. The summed E-state index contributed by atoms with van der Waals surface area (Å²) >= 11 is 6.47. The number of nitrogens with zero attached hydrogens (tertiary/aromatic N) is 4. The number of hydrogen-bond acceptors (Lipinski definition) is 5. The van der Waals surface area contributed by atoms with Crippen molar-refractivity contribution in [1.29, 1.82) is 5.26 Å². The highest BCUT2D eigenvalue weighted by atomic mass is 35.5. The number of hydrogen-bond donors (Lipinski definition) is 0. The van der Waals surface area contributed by atoms with E-state index in [2.05, 4.69) is 6.07 Å². The molecule has 3 rings (SSSR count).